The maximum atomic E-state index is 12.3. The molecule has 2 N–H and O–H groups in total. The molecule has 108 valence electrons. The first-order chi connectivity index (χ1) is 9.08. The van der Waals surface area contributed by atoms with Crippen LogP contribution >= 0.6 is 0 Å². The molecule has 0 spiro atoms. The van der Waals surface area contributed by atoms with Crippen LogP contribution in [0.1, 0.15) is 20.3 Å². The van der Waals surface area contributed by atoms with Crippen LogP contribution in [0.5, 0.6) is 0 Å². The molecule has 0 aliphatic carbocycles. The van der Waals surface area contributed by atoms with E-state index in [-0.39, 0.29) is 17.9 Å². The average molecular weight is 269 g/mol. The third-order valence-electron chi connectivity index (χ3n) is 3.51. The average Bonchev–Trinajstić information content (AvgIpc) is 2.32. The minimum atomic E-state index is -0.475. The maximum Gasteiger partial charge on any atom is 0.245 e. The number of morpholine rings is 1. The molecule has 2 aliphatic rings. The summed E-state index contributed by atoms with van der Waals surface area (Å²) in [5, 5.41) is 6.01. The molecule has 2 fully saturated rings. The van der Waals surface area contributed by atoms with Gasteiger partial charge in [-0.1, -0.05) is 0 Å². The van der Waals surface area contributed by atoms with Gasteiger partial charge < -0.3 is 20.3 Å². The highest BCUT2D eigenvalue weighted by molar-refractivity contribution is 5.88. The predicted molar refractivity (Wildman–Crippen MR) is 70.6 cm³/mol. The molecule has 0 radical (unpaired) electrons. The predicted octanol–water partition coefficient (Wildman–Crippen LogP) is -0.652. The molecule has 19 heavy (non-hydrogen) atoms. The Morgan fingerprint density at radius 3 is 2.74 bits per heavy atom. The molecule has 0 saturated carbocycles. The van der Waals surface area contributed by atoms with E-state index in [1.807, 2.05) is 13.8 Å². The fourth-order valence-corrected chi connectivity index (χ4v) is 2.36. The Hall–Kier alpha value is -1.14. The standard InChI is InChI=1S/C13H23N3O3/c1-9(2)15-13(18)11-8-19-4-3-16(11)12(17)5-10-6-14-7-10/h9-11,14H,3-8H2,1-2H3,(H,15,18). The minimum absolute atomic E-state index is 0.0682. The molecule has 2 amide bonds. The molecule has 0 aromatic heterocycles. The van der Waals surface area contributed by atoms with Crippen molar-refractivity contribution in [3.05, 3.63) is 0 Å². The highest BCUT2D eigenvalue weighted by Crippen LogP contribution is 2.15. The molecule has 2 saturated heterocycles. The Morgan fingerprint density at radius 2 is 2.16 bits per heavy atom. The van der Waals surface area contributed by atoms with Crippen molar-refractivity contribution >= 4 is 11.8 Å². The summed E-state index contributed by atoms with van der Waals surface area (Å²) in [6.45, 7) is 6.95. The van der Waals surface area contributed by atoms with Crippen molar-refractivity contribution in [3.63, 3.8) is 0 Å². The molecular weight excluding hydrogens is 246 g/mol. The molecule has 0 aromatic carbocycles. The monoisotopic (exact) mass is 269 g/mol. The quantitative estimate of drug-likeness (QED) is 0.711. The first kappa shape index (κ1) is 14.3. The SMILES string of the molecule is CC(C)NC(=O)C1COCCN1C(=O)CC1CNC1. The molecular formula is C13H23N3O3. The van der Waals surface area contributed by atoms with Gasteiger partial charge >= 0.3 is 0 Å². The van der Waals surface area contributed by atoms with Crippen LogP contribution in [0.2, 0.25) is 0 Å². The summed E-state index contributed by atoms with van der Waals surface area (Å²) in [6, 6.07) is -0.404. The van der Waals surface area contributed by atoms with E-state index in [0.717, 1.165) is 13.1 Å². The summed E-state index contributed by atoms with van der Waals surface area (Å²) in [4.78, 5) is 26.0. The molecule has 2 aliphatic heterocycles. The lowest BCUT2D eigenvalue weighted by atomic mass is 9.98. The van der Waals surface area contributed by atoms with Gasteiger partial charge in [0.25, 0.3) is 0 Å². The number of carbonyl (C=O) groups excluding carboxylic acids is 2. The summed E-state index contributed by atoms with van der Waals surface area (Å²) >= 11 is 0. The Labute approximate surface area is 113 Å². The second kappa shape index (κ2) is 6.34. The summed E-state index contributed by atoms with van der Waals surface area (Å²) in [6.07, 6.45) is 0.526. The first-order valence-corrected chi connectivity index (χ1v) is 6.96. The first-order valence-electron chi connectivity index (χ1n) is 6.96. The third kappa shape index (κ3) is 3.67. The van der Waals surface area contributed by atoms with E-state index in [0.29, 0.717) is 32.1 Å². The fourth-order valence-electron chi connectivity index (χ4n) is 2.36. The van der Waals surface area contributed by atoms with Gasteiger partial charge in [-0.05, 0) is 32.9 Å². The Kier molecular flexibility index (Phi) is 4.76. The lowest BCUT2D eigenvalue weighted by molar-refractivity contribution is -0.149. The van der Waals surface area contributed by atoms with E-state index in [1.54, 1.807) is 4.90 Å². The molecule has 2 heterocycles. The largest absolute Gasteiger partial charge is 0.377 e. The third-order valence-corrected chi connectivity index (χ3v) is 3.51. The number of amides is 2. The van der Waals surface area contributed by atoms with E-state index in [9.17, 15) is 9.59 Å². The molecule has 0 bridgehead atoms. The topological polar surface area (TPSA) is 70.7 Å². The molecule has 6 heteroatoms. The molecule has 1 unspecified atom stereocenters. The summed E-state index contributed by atoms with van der Waals surface area (Å²) in [5.41, 5.74) is 0. The number of hydrogen-bond donors (Lipinski definition) is 2. The van der Waals surface area contributed by atoms with Crippen molar-refractivity contribution in [1.82, 2.24) is 15.5 Å². The van der Waals surface area contributed by atoms with Gasteiger partial charge in [-0.15, -0.1) is 0 Å². The van der Waals surface area contributed by atoms with Gasteiger partial charge in [-0.2, -0.15) is 0 Å². The Morgan fingerprint density at radius 1 is 1.42 bits per heavy atom. The maximum absolute atomic E-state index is 12.3. The minimum Gasteiger partial charge on any atom is -0.377 e. The van der Waals surface area contributed by atoms with Crippen LogP contribution in [0.15, 0.2) is 0 Å². The van der Waals surface area contributed by atoms with E-state index in [2.05, 4.69) is 10.6 Å². The smallest absolute Gasteiger partial charge is 0.245 e. The lowest BCUT2D eigenvalue weighted by Crippen LogP contribution is -2.57. The highest BCUT2D eigenvalue weighted by atomic mass is 16.5. The molecule has 2 rings (SSSR count). The van der Waals surface area contributed by atoms with Crippen LogP contribution in [0.25, 0.3) is 0 Å². The Bertz CT molecular complexity index is 342. The normalized spacial score (nSPS) is 24.2. The van der Waals surface area contributed by atoms with Gasteiger partial charge in [-0.3, -0.25) is 9.59 Å². The zero-order valence-electron chi connectivity index (χ0n) is 11.6. The van der Waals surface area contributed by atoms with Crippen LogP contribution in [0.3, 0.4) is 0 Å². The van der Waals surface area contributed by atoms with Gasteiger partial charge in [0, 0.05) is 19.0 Å². The number of nitrogens with one attached hydrogen (secondary N) is 2. The number of hydrogen-bond acceptors (Lipinski definition) is 4. The lowest BCUT2D eigenvalue weighted by Gasteiger charge is -2.37. The van der Waals surface area contributed by atoms with E-state index >= 15 is 0 Å². The fraction of sp³-hybridized carbons (Fsp3) is 0.846. The number of rotatable bonds is 4. The Balaban J connectivity index is 1.94. The summed E-state index contributed by atoms with van der Waals surface area (Å²) in [5.74, 6) is 0.373. The number of ether oxygens (including phenoxy) is 1. The van der Waals surface area contributed by atoms with Crippen molar-refractivity contribution in [2.45, 2.75) is 32.4 Å². The zero-order chi connectivity index (χ0) is 13.8. The molecule has 6 nitrogen and oxygen atoms in total. The van der Waals surface area contributed by atoms with Crippen LogP contribution in [-0.2, 0) is 14.3 Å². The van der Waals surface area contributed by atoms with Gasteiger partial charge in [0.2, 0.25) is 11.8 Å². The van der Waals surface area contributed by atoms with Crippen molar-refractivity contribution in [3.8, 4) is 0 Å². The van der Waals surface area contributed by atoms with Gasteiger partial charge in [0.1, 0.15) is 6.04 Å². The van der Waals surface area contributed by atoms with Crippen molar-refractivity contribution in [2.75, 3.05) is 32.8 Å². The van der Waals surface area contributed by atoms with Crippen LogP contribution in [0.4, 0.5) is 0 Å². The van der Waals surface area contributed by atoms with Gasteiger partial charge in [0.05, 0.1) is 13.2 Å². The number of carbonyl (C=O) groups is 2. The van der Waals surface area contributed by atoms with Crippen molar-refractivity contribution in [1.29, 1.82) is 0 Å². The second-order valence-electron chi connectivity index (χ2n) is 5.57. The second-order valence-corrected chi connectivity index (χ2v) is 5.57. The van der Waals surface area contributed by atoms with Gasteiger partial charge in [-0.25, -0.2) is 0 Å². The van der Waals surface area contributed by atoms with Crippen LogP contribution < -0.4 is 10.6 Å². The molecule has 1 atom stereocenters. The van der Waals surface area contributed by atoms with Crippen molar-refractivity contribution < 1.29 is 14.3 Å². The van der Waals surface area contributed by atoms with Crippen LogP contribution in [0, 0.1) is 5.92 Å². The zero-order valence-corrected chi connectivity index (χ0v) is 11.6. The van der Waals surface area contributed by atoms with Gasteiger partial charge in [0.15, 0.2) is 0 Å². The summed E-state index contributed by atoms with van der Waals surface area (Å²) < 4.78 is 5.34. The van der Waals surface area contributed by atoms with E-state index in [1.165, 1.54) is 0 Å². The van der Waals surface area contributed by atoms with E-state index in [4.69, 9.17) is 4.74 Å². The van der Waals surface area contributed by atoms with Crippen molar-refractivity contribution in [2.24, 2.45) is 5.92 Å². The number of nitrogens with zero attached hydrogens (tertiary/aromatic N) is 1. The molecule has 0 aromatic rings. The summed E-state index contributed by atoms with van der Waals surface area (Å²) in [7, 11) is 0. The van der Waals surface area contributed by atoms with E-state index < -0.39 is 6.04 Å². The van der Waals surface area contributed by atoms with Crippen LogP contribution in [-0.4, -0.2) is 61.6 Å². The highest BCUT2D eigenvalue weighted by Gasteiger charge is 2.34.